The van der Waals surface area contributed by atoms with Gasteiger partial charge in [-0.3, -0.25) is 9.79 Å². The highest BCUT2D eigenvalue weighted by Crippen LogP contribution is 2.32. The molecule has 1 atom stereocenters. The lowest BCUT2D eigenvalue weighted by molar-refractivity contribution is -0.128. The fourth-order valence-electron chi connectivity index (χ4n) is 3.68. The fourth-order valence-corrected chi connectivity index (χ4v) is 4.47. The summed E-state index contributed by atoms with van der Waals surface area (Å²) in [6, 6.07) is 14.8. The van der Waals surface area contributed by atoms with Crippen LogP contribution in [0.4, 0.5) is 0 Å². The molecule has 1 aliphatic heterocycles. The number of halogens is 1. The van der Waals surface area contributed by atoms with E-state index in [0.29, 0.717) is 30.8 Å². The Bertz CT molecular complexity index is 827. The molecular formula is C23H31IN4O2S. The van der Waals surface area contributed by atoms with Gasteiger partial charge in [0.05, 0.1) is 6.26 Å². The maximum atomic E-state index is 12.2. The number of carbonyl (C=O) groups is 1. The number of thioether (sulfide) groups is 1. The monoisotopic (exact) mass is 554 g/mol. The van der Waals surface area contributed by atoms with Crippen LogP contribution >= 0.6 is 35.7 Å². The second kappa shape index (κ2) is 12.4. The molecular weight excluding hydrogens is 523 g/mol. The first-order chi connectivity index (χ1) is 14.8. The van der Waals surface area contributed by atoms with Crippen LogP contribution in [0.2, 0.25) is 0 Å². The molecule has 1 unspecified atom stereocenters. The minimum atomic E-state index is 0. The lowest BCUT2D eigenvalue weighted by Gasteiger charge is -2.15. The predicted molar refractivity (Wildman–Crippen MR) is 136 cm³/mol. The summed E-state index contributed by atoms with van der Waals surface area (Å²) in [5.74, 6) is 3.36. The van der Waals surface area contributed by atoms with Crippen molar-refractivity contribution in [3.8, 4) is 0 Å². The maximum absolute atomic E-state index is 12.2. The first-order valence-electron chi connectivity index (χ1n) is 10.8. The third-order valence-corrected chi connectivity index (χ3v) is 6.40. The maximum Gasteiger partial charge on any atom is 0.223 e. The van der Waals surface area contributed by atoms with E-state index in [-0.39, 0.29) is 24.0 Å². The number of benzene rings is 1. The molecule has 2 N–H and O–H groups in total. The van der Waals surface area contributed by atoms with Crippen molar-refractivity contribution >= 4 is 47.6 Å². The number of aliphatic imine (C=N–C) groups is 1. The average molecular weight is 554 g/mol. The Kier molecular flexibility index (Phi) is 9.57. The molecule has 2 fully saturated rings. The molecule has 1 aromatic carbocycles. The van der Waals surface area contributed by atoms with Crippen LogP contribution in [-0.2, 0) is 11.2 Å². The summed E-state index contributed by atoms with van der Waals surface area (Å²) < 4.78 is 5.41. The Morgan fingerprint density at radius 1 is 1.13 bits per heavy atom. The summed E-state index contributed by atoms with van der Waals surface area (Å²) in [6.45, 7) is 3.11. The number of nitrogens with one attached hydrogen (secondary N) is 2. The number of furan rings is 1. The molecule has 1 amide bonds. The van der Waals surface area contributed by atoms with E-state index in [1.165, 1.54) is 17.7 Å². The van der Waals surface area contributed by atoms with Gasteiger partial charge < -0.3 is 20.0 Å². The Balaban J connectivity index is 0.00000272. The molecule has 1 saturated carbocycles. The molecule has 31 heavy (non-hydrogen) atoms. The molecule has 4 rings (SSSR count). The van der Waals surface area contributed by atoms with E-state index in [2.05, 4.69) is 39.8 Å². The summed E-state index contributed by atoms with van der Waals surface area (Å²) in [6.07, 6.45) is 5.48. The van der Waals surface area contributed by atoms with E-state index in [4.69, 9.17) is 9.41 Å². The van der Waals surface area contributed by atoms with Crippen LogP contribution in [0.5, 0.6) is 0 Å². The van der Waals surface area contributed by atoms with Crippen molar-refractivity contribution in [2.24, 2.45) is 10.9 Å². The topological polar surface area (TPSA) is 69.9 Å². The molecule has 0 spiro atoms. The number of guanidine groups is 1. The van der Waals surface area contributed by atoms with Crippen molar-refractivity contribution in [2.45, 2.75) is 36.6 Å². The normalized spacial score (nSPS) is 18.7. The quantitative estimate of drug-likeness (QED) is 0.154. The number of likely N-dealkylation sites (tertiary alicyclic amines) is 1. The van der Waals surface area contributed by atoms with Crippen molar-refractivity contribution in [1.29, 1.82) is 0 Å². The van der Waals surface area contributed by atoms with Crippen molar-refractivity contribution in [3.63, 3.8) is 0 Å². The van der Waals surface area contributed by atoms with Gasteiger partial charge in [-0.15, -0.1) is 35.7 Å². The average Bonchev–Trinajstić information content (AvgIpc) is 3.34. The van der Waals surface area contributed by atoms with Crippen molar-refractivity contribution in [3.05, 3.63) is 54.5 Å². The standard InChI is InChI=1S/C23H30N4O2S.HI/c28-22-15-18(17-27(22)19-8-9-19)16-26-23(24-11-10-20-5-4-13-29-20)25-12-14-30-21-6-2-1-3-7-21;/h1-7,13,18-19H,8-12,14-17H2,(H2,24,25,26);1H. The lowest BCUT2D eigenvalue weighted by atomic mass is 10.1. The molecule has 1 saturated heterocycles. The Morgan fingerprint density at radius 3 is 2.68 bits per heavy atom. The second-order valence-corrected chi connectivity index (χ2v) is 9.05. The second-order valence-electron chi connectivity index (χ2n) is 7.88. The molecule has 1 aromatic heterocycles. The molecule has 168 valence electrons. The fraction of sp³-hybridized carbons (Fsp3) is 0.478. The van der Waals surface area contributed by atoms with Gasteiger partial charge in [-0.05, 0) is 37.1 Å². The van der Waals surface area contributed by atoms with E-state index >= 15 is 0 Å². The molecule has 6 nitrogen and oxygen atoms in total. The Labute approximate surface area is 205 Å². The number of nitrogens with zero attached hydrogens (tertiary/aromatic N) is 2. The van der Waals surface area contributed by atoms with Gasteiger partial charge in [0, 0.05) is 61.6 Å². The zero-order valence-corrected chi connectivity index (χ0v) is 20.8. The number of rotatable bonds is 10. The lowest BCUT2D eigenvalue weighted by Crippen LogP contribution is -2.40. The number of hydrogen-bond donors (Lipinski definition) is 2. The van der Waals surface area contributed by atoms with Gasteiger partial charge >= 0.3 is 0 Å². The molecule has 8 heteroatoms. The SMILES string of the molecule is I.O=C1CC(CN=C(NCCSc2ccccc2)NCCc2ccco2)CN1C1CC1. The number of hydrogen-bond acceptors (Lipinski definition) is 4. The van der Waals surface area contributed by atoms with Crippen molar-refractivity contribution in [2.75, 3.05) is 31.9 Å². The van der Waals surface area contributed by atoms with Gasteiger partial charge in [0.25, 0.3) is 0 Å². The smallest absolute Gasteiger partial charge is 0.223 e. The van der Waals surface area contributed by atoms with Crippen LogP contribution < -0.4 is 10.6 Å². The third-order valence-electron chi connectivity index (χ3n) is 5.38. The number of amides is 1. The number of carbonyl (C=O) groups excluding carboxylic acids is 1. The third kappa shape index (κ3) is 7.75. The van der Waals surface area contributed by atoms with Crippen molar-refractivity contribution in [1.82, 2.24) is 15.5 Å². The molecule has 2 aliphatic rings. The van der Waals surface area contributed by atoms with E-state index in [1.54, 1.807) is 6.26 Å². The van der Waals surface area contributed by atoms with Crippen molar-refractivity contribution < 1.29 is 9.21 Å². The summed E-state index contributed by atoms with van der Waals surface area (Å²) in [4.78, 5) is 20.3. The highest BCUT2D eigenvalue weighted by molar-refractivity contribution is 14.0. The van der Waals surface area contributed by atoms with Gasteiger partial charge in [-0.25, -0.2) is 0 Å². The molecule has 0 radical (unpaired) electrons. The van der Waals surface area contributed by atoms with Crippen LogP contribution in [0.1, 0.15) is 25.0 Å². The van der Waals surface area contributed by atoms with E-state index in [9.17, 15) is 4.79 Å². The van der Waals surface area contributed by atoms with Gasteiger partial charge in [0.1, 0.15) is 5.76 Å². The zero-order valence-electron chi connectivity index (χ0n) is 17.7. The van der Waals surface area contributed by atoms with Gasteiger partial charge in [-0.1, -0.05) is 18.2 Å². The van der Waals surface area contributed by atoms with E-state index in [0.717, 1.165) is 43.5 Å². The Morgan fingerprint density at radius 2 is 1.94 bits per heavy atom. The van der Waals surface area contributed by atoms with Crippen LogP contribution in [0.3, 0.4) is 0 Å². The van der Waals surface area contributed by atoms with Crippen LogP contribution in [0, 0.1) is 5.92 Å². The van der Waals surface area contributed by atoms with E-state index in [1.807, 2.05) is 30.0 Å². The first-order valence-corrected chi connectivity index (χ1v) is 11.8. The van der Waals surface area contributed by atoms with Gasteiger partial charge in [0.2, 0.25) is 5.91 Å². The van der Waals surface area contributed by atoms with Gasteiger partial charge in [-0.2, -0.15) is 0 Å². The minimum Gasteiger partial charge on any atom is -0.469 e. The highest BCUT2D eigenvalue weighted by atomic mass is 127. The largest absolute Gasteiger partial charge is 0.469 e. The van der Waals surface area contributed by atoms with Crippen LogP contribution in [0.15, 0.2) is 63.0 Å². The first kappa shape index (κ1) is 24.0. The van der Waals surface area contributed by atoms with E-state index < -0.39 is 0 Å². The van der Waals surface area contributed by atoms with Gasteiger partial charge in [0.15, 0.2) is 5.96 Å². The predicted octanol–water partition coefficient (Wildman–Crippen LogP) is 3.78. The zero-order chi connectivity index (χ0) is 20.6. The summed E-state index contributed by atoms with van der Waals surface area (Å²) in [5, 5.41) is 6.85. The molecule has 2 heterocycles. The molecule has 2 aromatic rings. The summed E-state index contributed by atoms with van der Waals surface area (Å²) in [5.41, 5.74) is 0. The Hall–Kier alpha value is -1.68. The van der Waals surface area contributed by atoms with Crippen LogP contribution in [-0.4, -0.2) is 54.7 Å². The minimum absolute atomic E-state index is 0. The van der Waals surface area contributed by atoms with Crippen LogP contribution in [0.25, 0.3) is 0 Å². The molecule has 0 bridgehead atoms. The molecule has 1 aliphatic carbocycles. The summed E-state index contributed by atoms with van der Waals surface area (Å²) in [7, 11) is 0. The highest BCUT2D eigenvalue weighted by Gasteiger charge is 2.39. The summed E-state index contributed by atoms with van der Waals surface area (Å²) >= 11 is 1.83.